The van der Waals surface area contributed by atoms with Crippen molar-refractivity contribution >= 4 is 29.0 Å². The topological polar surface area (TPSA) is 71.1 Å². The summed E-state index contributed by atoms with van der Waals surface area (Å²) in [5, 5.41) is 4.94. The Morgan fingerprint density at radius 3 is 2.57 bits per heavy atom. The van der Waals surface area contributed by atoms with Crippen molar-refractivity contribution in [3.8, 4) is 11.5 Å². The lowest BCUT2D eigenvalue weighted by molar-refractivity contribution is -0.133. The van der Waals surface area contributed by atoms with Crippen LogP contribution in [0.2, 0.25) is 0 Å². The molecular formula is C27H31N3O4S. The number of carbonyl (C=O) groups excluding carboxylic acids is 2. The van der Waals surface area contributed by atoms with Gasteiger partial charge in [0.1, 0.15) is 6.54 Å². The second-order valence-corrected chi connectivity index (χ2v) is 10.1. The molecule has 7 nitrogen and oxygen atoms in total. The number of anilines is 1. The smallest absolute Gasteiger partial charge is 0.322 e. The summed E-state index contributed by atoms with van der Waals surface area (Å²) in [4.78, 5) is 31.2. The van der Waals surface area contributed by atoms with Crippen LogP contribution < -0.4 is 14.8 Å². The number of rotatable bonds is 9. The van der Waals surface area contributed by atoms with Gasteiger partial charge in [-0.2, -0.15) is 0 Å². The van der Waals surface area contributed by atoms with Crippen LogP contribution in [0.3, 0.4) is 0 Å². The van der Waals surface area contributed by atoms with Gasteiger partial charge in [0.05, 0.1) is 6.54 Å². The molecule has 0 fully saturated rings. The van der Waals surface area contributed by atoms with E-state index in [2.05, 4.69) is 5.32 Å². The number of benzene rings is 2. The molecule has 4 rings (SSSR count). The third-order valence-electron chi connectivity index (χ3n) is 5.56. The van der Waals surface area contributed by atoms with Crippen molar-refractivity contribution in [3.05, 3.63) is 76.0 Å². The highest BCUT2D eigenvalue weighted by Crippen LogP contribution is 2.33. The SMILES string of the molecule is Cc1cccc(NC(=O)N(CC(=O)N(Cc2ccc3c(c2)OCO3)Cc2cccs2)CC(C)C)c1. The van der Waals surface area contributed by atoms with E-state index < -0.39 is 0 Å². The number of hydrogen-bond acceptors (Lipinski definition) is 5. The van der Waals surface area contributed by atoms with Crippen molar-refractivity contribution in [1.82, 2.24) is 9.80 Å². The summed E-state index contributed by atoms with van der Waals surface area (Å²) in [6.45, 7) is 7.59. The molecular weight excluding hydrogens is 462 g/mol. The average Bonchev–Trinajstić information content (AvgIpc) is 3.49. The van der Waals surface area contributed by atoms with Gasteiger partial charge in [0, 0.05) is 23.7 Å². The van der Waals surface area contributed by atoms with Crippen LogP contribution in [-0.2, 0) is 17.9 Å². The Bertz CT molecular complexity index is 1160. The fraction of sp³-hybridized carbons (Fsp3) is 0.333. The predicted octanol–water partition coefficient (Wildman–Crippen LogP) is 5.50. The van der Waals surface area contributed by atoms with Crippen molar-refractivity contribution in [1.29, 1.82) is 0 Å². The Hall–Kier alpha value is -3.52. The molecule has 0 spiro atoms. The lowest BCUT2D eigenvalue weighted by Gasteiger charge is -2.29. The second-order valence-electron chi connectivity index (χ2n) is 9.09. The maximum Gasteiger partial charge on any atom is 0.322 e. The molecule has 1 aliphatic heterocycles. The number of aryl methyl sites for hydroxylation is 1. The molecule has 1 aromatic heterocycles. The lowest BCUT2D eigenvalue weighted by atomic mass is 10.1. The summed E-state index contributed by atoms with van der Waals surface area (Å²) < 4.78 is 10.9. The molecule has 0 saturated carbocycles. The van der Waals surface area contributed by atoms with Gasteiger partial charge in [-0.1, -0.05) is 38.1 Å². The van der Waals surface area contributed by atoms with E-state index in [0.29, 0.717) is 36.8 Å². The molecule has 0 atom stereocenters. The number of hydrogen-bond donors (Lipinski definition) is 1. The number of nitrogens with zero attached hydrogens (tertiary/aromatic N) is 2. The number of amides is 3. The van der Waals surface area contributed by atoms with Gasteiger partial charge in [-0.25, -0.2) is 4.79 Å². The van der Waals surface area contributed by atoms with E-state index in [0.717, 1.165) is 16.0 Å². The predicted molar refractivity (Wildman–Crippen MR) is 138 cm³/mol. The zero-order chi connectivity index (χ0) is 24.8. The second kappa shape index (κ2) is 11.3. The Kier molecular flexibility index (Phi) is 7.92. The maximum absolute atomic E-state index is 13.6. The van der Waals surface area contributed by atoms with Crippen LogP contribution in [0.4, 0.5) is 10.5 Å². The molecule has 8 heteroatoms. The van der Waals surface area contributed by atoms with Gasteiger partial charge in [-0.3, -0.25) is 4.79 Å². The zero-order valence-electron chi connectivity index (χ0n) is 20.3. The van der Waals surface area contributed by atoms with Gasteiger partial charge in [0.2, 0.25) is 12.7 Å². The molecule has 184 valence electrons. The Balaban J connectivity index is 1.50. The van der Waals surface area contributed by atoms with E-state index in [1.54, 1.807) is 21.1 Å². The molecule has 2 aromatic carbocycles. The zero-order valence-corrected chi connectivity index (χ0v) is 21.1. The van der Waals surface area contributed by atoms with Crippen LogP contribution in [0, 0.1) is 12.8 Å². The molecule has 0 aliphatic carbocycles. The van der Waals surface area contributed by atoms with Gasteiger partial charge in [0.25, 0.3) is 0 Å². The average molecular weight is 494 g/mol. The first-order chi connectivity index (χ1) is 16.9. The standard InChI is InChI=1S/C27H31N3O4S/c1-19(2)14-30(27(32)28-22-7-4-6-20(3)12-22)17-26(31)29(16-23-8-5-11-35-23)15-21-9-10-24-25(13-21)34-18-33-24/h4-13,19H,14-18H2,1-3H3,(H,28,32). The van der Waals surface area contributed by atoms with Crippen molar-refractivity contribution in [3.63, 3.8) is 0 Å². The van der Waals surface area contributed by atoms with Crippen molar-refractivity contribution < 1.29 is 19.1 Å². The minimum absolute atomic E-state index is 0.00818. The highest BCUT2D eigenvalue weighted by molar-refractivity contribution is 7.09. The summed E-state index contributed by atoms with van der Waals surface area (Å²) in [6.07, 6.45) is 0. The van der Waals surface area contributed by atoms with E-state index in [1.165, 1.54) is 0 Å². The number of urea groups is 1. The Labute approximate surface area is 210 Å². The molecule has 0 unspecified atom stereocenters. The van der Waals surface area contributed by atoms with Crippen molar-refractivity contribution in [2.24, 2.45) is 5.92 Å². The number of ether oxygens (including phenoxy) is 2. The van der Waals surface area contributed by atoms with Gasteiger partial charge in [-0.05, 0) is 59.7 Å². The molecule has 35 heavy (non-hydrogen) atoms. The number of carbonyl (C=O) groups is 2. The summed E-state index contributed by atoms with van der Waals surface area (Å²) in [7, 11) is 0. The highest BCUT2D eigenvalue weighted by Gasteiger charge is 2.24. The van der Waals surface area contributed by atoms with Crippen LogP contribution >= 0.6 is 11.3 Å². The van der Waals surface area contributed by atoms with E-state index in [4.69, 9.17) is 9.47 Å². The first kappa shape index (κ1) is 24.6. The van der Waals surface area contributed by atoms with E-state index in [1.807, 2.05) is 80.7 Å². The molecule has 1 aliphatic rings. The molecule has 0 bridgehead atoms. The number of nitrogens with one attached hydrogen (secondary N) is 1. The van der Waals surface area contributed by atoms with Crippen molar-refractivity contribution in [2.45, 2.75) is 33.9 Å². The lowest BCUT2D eigenvalue weighted by Crippen LogP contribution is -2.45. The minimum Gasteiger partial charge on any atom is -0.454 e. The Morgan fingerprint density at radius 2 is 1.83 bits per heavy atom. The molecule has 1 N–H and O–H groups in total. The van der Waals surface area contributed by atoms with E-state index >= 15 is 0 Å². The monoisotopic (exact) mass is 493 g/mol. The van der Waals surface area contributed by atoms with Crippen LogP contribution in [0.15, 0.2) is 60.0 Å². The van der Waals surface area contributed by atoms with Gasteiger partial charge >= 0.3 is 6.03 Å². The maximum atomic E-state index is 13.6. The number of thiophene rings is 1. The fourth-order valence-corrected chi connectivity index (χ4v) is 4.65. The van der Waals surface area contributed by atoms with E-state index in [-0.39, 0.29) is 31.2 Å². The van der Waals surface area contributed by atoms with Gasteiger partial charge in [-0.15, -0.1) is 11.3 Å². The van der Waals surface area contributed by atoms with E-state index in [9.17, 15) is 9.59 Å². The molecule has 3 aromatic rings. The van der Waals surface area contributed by atoms with Crippen LogP contribution in [0.25, 0.3) is 0 Å². The quantitative estimate of drug-likeness (QED) is 0.427. The van der Waals surface area contributed by atoms with Gasteiger partial charge in [0.15, 0.2) is 11.5 Å². The third kappa shape index (κ3) is 6.76. The number of fused-ring (bicyclic) bond motifs is 1. The molecule has 3 amide bonds. The normalized spacial score (nSPS) is 12.0. The highest BCUT2D eigenvalue weighted by atomic mass is 32.1. The largest absolute Gasteiger partial charge is 0.454 e. The van der Waals surface area contributed by atoms with Gasteiger partial charge < -0.3 is 24.6 Å². The van der Waals surface area contributed by atoms with Crippen molar-refractivity contribution in [2.75, 3.05) is 25.2 Å². The summed E-state index contributed by atoms with van der Waals surface area (Å²) in [5.74, 6) is 1.49. The molecule has 0 saturated heterocycles. The van der Waals surface area contributed by atoms with Crippen LogP contribution in [0.5, 0.6) is 11.5 Å². The Morgan fingerprint density at radius 1 is 1.00 bits per heavy atom. The minimum atomic E-state index is -0.281. The molecule has 0 radical (unpaired) electrons. The first-order valence-corrected chi connectivity index (χ1v) is 12.6. The first-order valence-electron chi connectivity index (χ1n) is 11.7. The van der Waals surface area contributed by atoms with Crippen LogP contribution in [0.1, 0.15) is 29.9 Å². The molecule has 2 heterocycles. The summed E-state index contributed by atoms with van der Waals surface area (Å²) >= 11 is 1.61. The summed E-state index contributed by atoms with van der Waals surface area (Å²) in [5.41, 5.74) is 2.71. The van der Waals surface area contributed by atoms with Crippen LogP contribution in [-0.4, -0.2) is 41.6 Å². The fourth-order valence-electron chi connectivity index (χ4n) is 3.93. The summed E-state index contributed by atoms with van der Waals surface area (Å²) in [6, 6.07) is 17.1. The third-order valence-corrected chi connectivity index (χ3v) is 6.42.